The lowest BCUT2D eigenvalue weighted by molar-refractivity contribution is -0.130. The molecule has 33 heavy (non-hydrogen) atoms. The van der Waals surface area contributed by atoms with Crippen molar-refractivity contribution in [3.63, 3.8) is 0 Å². The number of ether oxygens (including phenoxy) is 3. The van der Waals surface area contributed by atoms with E-state index < -0.39 is 17.8 Å². The molecule has 2 aromatic rings. The predicted molar refractivity (Wildman–Crippen MR) is 123 cm³/mol. The van der Waals surface area contributed by atoms with Gasteiger partial charge in [-0.15, -0.1) is 0 Å². The Labute approximate surface area is 197 Å². The molecule has 0 saturated carbocycles. The van der Waals surface area contributed by atoms with Crippen molar-refractivity contribution in [1.82, 2.24) is 10.2 Å². The molecular weight excluding hydrogens is 448 g/mol. The fourth-order valence-corrected chi connectivity index (χ4v) is 3.42. The summed E-state index contributed by atoms with van der Waals surface area (Å²) in [7, 11) is 1.51. The molecule has 0 atom stereocenters. The third-order valence-electron chi connectivity index (χ3n) is 4.79. The van der Waals surface area contributed by atoms with Gasteiger partial charge in [-0.3, -0.25) is 19.8 Å². The van der Waals surface area contributed by atoms with Crippen LogP contribution >= 0.6 is 11.6 Å². The minimum Gasteiger partial charge on any atom is -0.493 e. The van der Waals surface area contributed by atoms with Crippen LogP contribution in [0, 0.1) is 0 Å². The van der Waals surface area contributed by atoms with Gasteiger partial charge in [-0.05, 0) is 55.3 Å². The van der Waals surface area contributed by atoms with Crippen molar-refractivity contribution in [1.29, 1.82) is 0 Å². The second-order valence-corrected chi connectivity index (χ2v) is 7.59. The van der Waals surface area contributed by atoms with Crippen molar-refractivity contribution in [2.24, 2.45) is 0 Å². The molecule has 0 aliphatic carbocycles. The van der Waals surface area contributed by atoms with Gasteiger partial charge >= 0.3 is 6.03 Å². The molecule has 0 spiro atoms. The number of rotatable bonds is 9. The first-order valence-electron chi connectivity index (χ1n) is 10.5. The molecule has 174 valence electrons. The molecule has 0 aromatic heterocycles. The first-order valence-corrected chi connectivity index (χ1v) is 10.9. The number of imide groups is 2. The lowest BCUT2D eigenvalue weighted by Gasteiger charge is -2.26. The van der Waals surface area contributed by atoms with Gasteiger partial charge in [0.05, 0.1) is 26.9 Å². The standard InChI is InChI=1S/C24H25ClN2O6/c1-4-10-33-20-8-6-15(11-21(20)31-3)14-27-23(29)18(22(28)26-24(27)30)13-16-12-17(25)7-9-19(16)32-5-2/h6-9,11-13H,4-5,10,14H2,1-3H3,(H,26,28,30)/b18-13+. The Morgan fingerprint density at radius 3 is 2.45 bits per heavy atom. The maximum Gasteiger partial charge on any atom is 0.331 e. The van der Waals surface area contributed by atoms with E-state index >= 15 is 0 Å². The normalized spacial score (nSPS) is 15.0. The highest BCUT2D eigenvalue weighted by Gasteiger charge is 2.36. The number of benzene rings is 2. The highest BCUT2D eigenvalue weighted by Crippen LogP contribution is 2.30. The van der Waals surface area contributed by atoms with Crippen molar-refractivity contribution in [3.05, 3.63) is 58.1 Å². The number of urea groups is 1. The molecular formula is C24H25ClN2O6. The maximum atomic E-state index is 13.1. The summed E-state index contributed by atoms with van der Waals surface area (Å²) >= 11 is 6.08. The number of nitrogens with zero attached hydrogens (tertiary/aromatic N) is 1. The van der Waals surface area contributed by atoms with Gasteiger partial charge in [-0.1, -0.05) is 24.6 Å². The Morgan fingerprint density at radius 1 is 1.00 bits per heavy atom. The van der Waals surface area contributed by atoms with E-state index in [1.807, 2.05) is 13.8 Å². The molecule has 1 aliphatic heterocycles. The summed E-state index contributed by atoms with van der Waals surface area (Å²) < 4.78 is 16.6. The van der Waals surface area contributed by atoms with Gasteiger partial charge in [0.25, 0.3) is 11.8 Å². The minimum atomic E-state index is -0.802. The van der Waals surface area contributed by atoms with Crippen molar-refractivity contribution in [2.45, 2.75) is 26.8 Å². The van der Waals surface area contributed by atoms with Crippen LogP contribution in [0.5, 0.6) is 17.2 Å². The predicted octanol–water partition coefficient (Wildman–Crippen LogP) is 4.20. The molecule has 8 nitrogen and oxygen atoms in total. The lowest BCUT2D eigenvalue weighted by atomic mass is 10.1. The summed E-state index contributed by atoms with van der Waals surface area (Å²) in [6, 6.07) is 9.23. The average molecular weight is 473 g/mol. The molecule has 0 bridgehead atoms. The van der Waals surface area contributed by atoms with Crippen molar-refractivity contribution in [2.75, 3.05) is 20.3 Å². The number of carbonyl (C=O) groups excluding carboxylic acids is 3. The summed E-state index contributed by atoms with van der Waals surface area (Å²) in [5.74, 6) is 0.00232. The van der Waals surface area contributed by atoms with Gasteiger partial charge in [-0.2, -0.15) is 0 Å². The fourth-order valence-electron chi connectivity index (χ4n) is 3.24. The second kappa shape index (κ2) is 10.9. The van der Waals surface area contributed by atoms with Crippen LogP contribution in [0.1, 0.15) is 31.4 Å². The van der Waals surface area contributed by atoms with Crippen LogP contribution < -0.4 is 19.5 Å². The van der Waals surface area contributed by atoms with E-state index in [1.165, 1.54) is 13.2 Å². The van der Waals surface area contributed by atoms with E-state index in [9.17, 15) is 14.4 Å². The number of nitrogens with one attached hydrogen (secondary N) is 1. The van der Waals surface area contributed by atoms with Gasteiger partial charge in [0.2, 0.25) is 0 Å². The van der Waals surface area contributed by atoms with Crippen molar-refractivity contribution < 1.29 is 28.6 Å². The third-order valence-corrected chi connectivity index (χ3v) is 5.02. The Morgan fingerprint density at radius 2 is 1.76 bits per heavy atom. The number of hydrogen-bond donors (Lipinski definition) is 1. The number of amides is 4. The van der Waals surface area contributed by atoms with Gasteiger partial charge in [0.15, 0.2) is 11.5 Å². The smallest absolute Gasteiger partial charge is 0.331 e. The first-order chi connectivity index (χ1) is 15.9. The molecule has 1 aliphatic rings. The molecule has 9 heteroatoms. The third kappa shape index (κ3) is 5.64. The first kappa shape index (κ1) is 24.1. The zero-order valence-electron chi connectivity index (χ0n) is 18.6. The van der Waals surface area contributed by atoms with E-state index in [0.29, 0.717) is 46.6 Å². The number of barbiturate groups is 1. The van der Waals surface area contributed by atoms with Gasteiger partial charge in [0, 0.05) is 10.6 Å². The van der Waals surface area contributed by atoms with E-state index in [2.05, 4.69) is 5.32 Å². The van der Waals surface area contributed by atoms with E-state index in [1.54, 1.807) is 36.4 Å². The molecule has 0 unspecified atom stereocenters. The monoisotopic (exact) mass is 472 g/mol. The summed E-state index contributed by atoms with van der Waals surface area (Å²) in [6.45, 7) is 4.67. The highest BCUT2D eigenvalue weighted by molar-refractivity contribution is 6.32. The van der Waals surface area contributed by atoms with Crippen LogP contribution in [0.4, 0.5) is 4.79 Å². The highest BCUT2D eigenvalue weighted by atomic mass is 35.5. The van der Waals surface area contributed by atoms with Crippen molar-refractivity contribution >= 4 is 35.5 Å². The molecule has 0 radical (unpaired) electrons. The Kier molecular flexibility index (Phi) is 7.95. The van der Waals surface area contributed by atoms with Gasteiger partial charge < -0.3 is 14.2 Å². The number of carbonyl (C=O) groups is 3. The van der Waals surface area contributed by atoms with Crippen LogP contribution in [-0.2, 0) is 16.1 Å². The average Bonchev–Trinajstić information content (AvgIpc) is 2.80. The van der Waals surface area contributed by atoms with E-state index in [4.69, 9.17) is 25.8 Å². The molecule has 3 rings (SSSR count). The molecule has 1 saturated heterocycles. The summed E-state index contributed by atoms with van der Waals surface area (Å²) in [4.78, 5) is 39.0. The summed E-state index contributed by atoms with van der Waals surface area (Å²) in [6.07, 6.45) is 2.21. The Balaban J connectivity index is 1.90. The fraction of sp³-hybridized carbons (Fsp3) is 0.292. The number of methoxy groups -OCH3 is 1. The Hall–Kier alpha value is -3.52. The maximum absolute atomic E-state index is 13.1. The minimum absolute atomic E-state index is 0.0619. The zero-order valence-corrected chi connectivity index (χ0v) is 19.4. The SMILES string of the molecule is CCCOc1ccc(CN2C(=O)NC(=O)/C(=C\c3cc(Cl)ccc3OCC)C2=O)cc1OC. The largest absolute Gasteiger partial charge is 0.493 e. The quantitative estimate of drug-likeness (QED) is 0.434. The van der Waals surface area contributed by atoms with Crippen LogP contribution in [0.15, 0.2) is 42.0 Å². The lowest BCUT2D eigenvalue weighted by Crippen LogP contribution is -2.53. The van der Waals surface area contributed by atoms with Gasteiger partial charge in [-0.25, -0.2) is 4.79 Å². The van der Waals surface area contributed by atoms with Crippen LogP contribution in [0.25, 0.3) is 6.08 Å². The molecule has 1 heterocycles. The van der Waals surface area contributed by atoms with Crippen molar-refractivity contribution in [3.8, 4) is 17.2 Å². The van der Waals surface area contributed by atoms with E-state index in [-0.39, 0.29) is 12.1 Å². The Bertz CT molecular complexity index is 1100. The molecule has 1 N–H and O–H groups in total. The van der Waals surface area contributed by atoms with Crippen LogP contribution in [0.3, 0.4) is 0 Å². The molecule has 2 aromatic carbocycles. The van der Waals surface area contributed by atoms with Crippen LogP contribution in [-0.4, -0.2) is 43.1 Å². The van der Waals surface area contributed by atoms with E-state index in [0.717, 1.165) is 11.3 Å². The number of halogens is 1. The van der Waals surface area contributed by atoms with Gasteiger partial charge in [0.1, 0.15) is 11.3 Å². The summed E-state index contributed by atoms with van der Waals surface area (Å²) in [5, 5.41) is 2.63. The second-order valence-electron chi connectivity index (χ2n) is 7.16. The number of hydrogen-bond acceptors (Lipinski definition) is 6. The molecule has 1 fully saturated rings. The zero-order chi connectivity index (χ0) is 24.0. The topological polar surface area (TPSA) is 94.2 Å². The summed E-state index contributed by atoms with van der Waals surface area (Å²) in [5.41, 5.74) is 0.884. The van der Waals surface area contributed by atoms with Crippen LogP contribution in [0.2, 0.25) is 5.02 Å². The molecule has 4 amide bonds.